The summed E-state index contributed by atoms with van der Waals surface area (Å²) in [4.78, 5) is 7.28. The molecule has 0 fully saturated rings. The number of rotatable bonds is 5. The van der Waals surface area contributed by atoms with Gasteiger partial charge in [-0.15, -0.1) is 0 Å². The molecule has 0 atom stereocenters. The van der Waals surface area contributed by atoms with Crippen LogP contribution < -0.4 is 14.8 Å². The third-order valence-electron chi connectivity index (χ3n) is 3.06. The first-order chi connectivity index (χ1) is 9.43. The van der Waals surface area contributed by atoms with Crippen molar-refractivity contribution in [2.24, 2.45) is 0 Å². The van der Waals surface area contributed by atoms with E-state index in [1.807, 2.05) is 18.3 Å². The Balaban J connectivity index is 1.55. The summed E-state index contributed by atoms with van der Waals surface area (Å²) in [6.07, 6.45) is 4.50. The summed E-state index contributed by atoms with van der Waals surface area (Å²) < 4.78 is 11.2. The summed E-state index contributed by atoms with van der Waals surface area (Å²) in [6.45, 7) is 2.89. The zero-order valence-electron chi connectivity index (χ0n) is 10.7. The topological polar surface area (TPSA) is 59.2 Å². The van der Waals surface area contributed by atoms with Crippen molar-refractivity contribution >= 4 is 0 Å². The Morgan fingerprint density at radius 2 is 2.21 bits per heavy atom. The molecule has 0 spiro atoms. The molecular formula is C14H17N3O2. The number of aromatic nitrogens is 2. The fourth-order valence-electron chi connectivity index (χ4n) is 2.14. The summed E-state index contributed by atoms with van der Waals surface area (Å²) in [5, 5.41) is 3.39. The standard InChI is InChI=1S/C14H17N3O2/c1-2-11(14-12(3-1)18-8-9-19-14)10-15-5-4-13-16-6-7-17-13/h1-3,6-7,15H,4-5,8-10H2,(H,16,17). The van der Waals surface area contributed by atoms with E-state index in [9.17, 15) is 0 Å². The number of hydrogen-bond donors (Lipinski definition) is 2. The molecule has 0 saturated carbocycles. The first kappa shape index (κ1) is 12.0. The van der Waals surface area contributed by atoms with Crippen LogP contribution in [0.2, 0.25) is 0 Å². The second-order valence-corrected chi connectivity index (χ2v) is 4.40. The molecule has 0 radical (unpaired) electrons. The smallest absolute Gasteiger partial charge is 0.165 e. The van der Waals surface area contributed by atoms with Gasteiger partial charge in [0, 0.05) is 37.5 Å². The maximum atomic E-state index is 5.67. The molecule has 1 aliphatic rings. The minimum atomic E-state index is 0.621. The molecule has 0 aliphatic carbocycles. The molecule has 2 N–H and O–H groups in total. The number of nitrogens with zero attached hydrogens (tertiary/aromatic N) is 1. The first-order valence-corrected chi connectivity index (χ1v) is 6.50. The Labute approximate surface area is 112 Å². The Morgan fingerprint density at radius 3 is 3.11 bits per heavy atom. The van der Waals surface area contributed by atoms with Crippen molar-refractivity contribution in [2.45, 2.75) is 13.0 Å². The van der Waals surface area contributed by atoms with Crippen LogP contribution in [0.15, 0.2) is 30.6 Å². The molecule has 1 aromatic heterocycles. The maximum absolute atomic E-state index is 5.67. The van der Waals surface area contributed by atoms with E-state index in [-0.39, 0.29) is 0 Å². The predicted octanol–water partition coefficient (Wildman–Crippen LogP) is 1.51. The normalized spacial score (nSPS) is 13.5. The van der Waals surface area contributed by atoms with Crippen LogP contribution in [0.4, 0.5) is 0 Å². The summed E-state index contributed by atoms with van der Waals surface area (Å²) in [6, 6.07) is 6.01. The van der Waals surface area contributed by atoms with Gasteiger partial charge in [0.15, 0.2) is 11.5 Å². The Bertz CT molecular complexity index is 525. The van der Waals surface area contributed by atoms with Crippen LogP contribution in [0.5, 0.6) is 11.5 Å². The van der Waals surface area contributed by atoms with Crippen molar-refractivity contribution < 1.29 is 9.47 Å². The van der Waals surface area contributed by atoms with E-state index in [4.69, 9.17) is 9.47 Å². The van der Waals surface area contributed by atoms with Crippen molar-refractivity contribution in [3.63, 3.8) is 0 Å². The highest BCUT2D eigenvalue weighted by atomic mass is 16.6. The van der Waals surface area contributed by atoms with Gasteiger partial charge in [-0.05, 0) is 6.07 Å². The number of H-pyrrole nitrogens is 1. The highest BCUT2D eigenvalue weighted by molar-refractivity contribution is 5.47. The molecule has 5 heteroatoms. The van der Waals surface area contributed by atoms with Crippen LogP contribution in [-0.2, 0) is 13.0 Å². The van der Waals surface area contributed by atoms with Crippen LogP contribution in [-0.4, -0.2) is 29.7 Å². The van der Waals surface area contributed by atoms with Crippen molar-refractivity contribution in [3.8, 4) is 11.5 Å². The van der Waals surface area contributed by atoms with Crippen molar-refractivity contribution in [2.75, 3.05) is 19.8 Å². The number of fused-ring (bicyclic) bond motifs is 1. The van der Waals surface area contributed by atoms with Crippen molar-refractivity contribution in [3.05, 3.63) is 42.0 Å². The van der Waals surface area contributed by atoms with Crippen molar-refractivity contribution in [1.29, 1.82) is 0 Å². The molecule has 5 nitrogen and oxygen atoms in total. The van der Waals surface area contributed by atoms with Gasteiger partial charge in [-0.1, -0.05) is 12.1 Å². The second kappa shape index (κ2) is 5.75. The minimum absolute atomic E-state index is 0.621. The zero-order valence-corrected chi connectivity index (χ0v) is 10.7. The molecule has 1 aromatic carbocycles. The van der Waals surface area contributed by atoms with E-state index < -0.39 is 0 Å². The van der Waals surface area contributed by atoms with Crippen LogP contribution in [0.3, 0.4) is 0 Å². The van der Waals surface area contributed by atoms with Crippen LogP contribution >= 0.6 is 0 Å². The summed E-state index contributed by atoms with van der Waals surface area (Å²) in [5.74, 6) is 2.72. The lowest BCUT2D eigenvalue weighted by molar-refractivity contribution is 0.169. The number of hydrogen-bond acceptors (Lipinski definition) is 4. The SMILES string of the molecule is c1cc(CNCCc2ncc[nH]2)c2c(c1)OCCO2. The average Bonchev–Trinajstić information content (AvgIpc) is 2.97. The molecular weight excluding hydrogens is 242 g/mol. The molecule has 0 amide bonds. The first-order valence-electron chi connectivity index (χ1n) is 6.50. The van der Waals surface area contributed by atoms with Crippen LogP contribution in [0.1, 0.15) is 11.4 Å². The third kappa shape index (κ3) is 2.88. The number of para-hydroxylation sites is 1. The summed E-state index contributed by atoms with van der Waals surface area (Å²) in [5.41, 5.74) is 1.14. The van der Waals surface area contributed by atoms with E-state index >= 15 is 0 Å². The van der Waals surface area contributed by atoms with E-state index in [1.165, 1.54) is 0 Å². The van der Waals surface area contributed by atoms with Gasteiger partial charge in [-0.25, -0.2) is 4.98 Å². The molecule has 1 aliphatic heterocycles. The molecule has 2 heterocycles. The van der Waals surface area contributed by atoms with Gasteiger partial charge in [0.1, 0.15) is 19.0 Å². The quantitative estimate of drug-likeness (QED) is 0.799. The van der Waals surface area contributed by atoms with Gasteiger partial charge in [-0.2, -0.15) is 0 Å². The Kier molecular flexibility index (Phi) is 3.65. The van der Waals surface area contributed by atoms with Crippen LogP contribution in [0.25, 0.3) is 0 Å². The highest BCUT2D eigenvalue weighted by Gasteiger charge is 2.14. The predicted molar refractivity (Wildman–Crippen MR) is 71.4 cm³/mol. The zero-order chi connectivity index (χ0) is 12.9. The second-order valence-electron chi connectivity index (χ2n) is 4.40. The van der Waals surface area contributed by atoms with Crippen LogP contribution in [0, 0.1) is 0 Å². The molecule has 0 saturated heterocycles. The number of ether oxygens (including phenoxy) is 2. The minimum Gasteiger partial charge on any atom is -0.486 e. The summed E-state index contributed by atoms with van der Waals surface area (Å²) >= 11 is 0. The summed E-state index contributed by atoms with van der Waals surface area (Å²) in [7, 11) is 0. The largest absolute Gasteiger partial charge is 0.486 e. The average molecular weight is 259 g/mol. The van der Waals surface area contributed by atoms with Gasteiger partial charge < -0.3 is 19.8 Å². The lowest BCUT2D eigenvalue weighted by Crippen LogP contribution is -2.20. The van der Waals surface area contributed by atoms with E-state index in [0.717, 1.165) is 42.4 Å². The van der Waals surface area contributed by atoms with Gasteiger partial charge >= 0.3 is 0 Å². The molecule has 100 valence electrons. The molecule has 19 heavy (non-hydrogen) atoms. The van der Waals surface area contributed by atoms with Gasteiger partial charge in [0.2, 0.25) is 0 Å². The maximum Gasteiger partial charge on any atom is 0.165 e. The lowest BCUT2D eigenvalue weighted by Gasteiger charge is -2.21. The number of benzene rings is 1. The van der Waals surface area contributed by atoms with E-state index in [0.29, 0.717) is 13.2 Å². The third-order valence-corrected chi connectivity index (χ3v) is 3.06. The van der Waals surface area contributed by atoms with Gasteiger partial charge in [-0.3, -0.25) is 0 Å². The van der Waals surface area contributed by atoms with E-state index in [1.54, 1.807) is 6.20 Å². The molecule has 2 aromatic rings. The van der Waals surface area contributed by atoms with Crippen molar-refractivity contribution in [1.82, 2.24) is 15.3 Å². The Hall–Kier alpha value is -2.01. The molecule has 3 rings (SSSR count). The Morgan fingerprint density at radius 1 is 1.26 bits per heavy atom. The molecule has 0 unspecified atom stereocenters. The number of aromatic amines is 1. The van der Waals surface area contributed by atoms with E-state index in [2.05, 4.69) is 21.4 Å². The lowest BCUT2D eigenvalue weighted by atomic mass is 10.1. The number of imidazole rings is 1. The highest BCUT2D eigenvalue weighted by Crippen LogP contribution is 2.33. The fourth-order valence-corrected chi connectivity index (χ4v) is 2.14. The van der Waals surface area contributed by atoms with Gasteiger partial charge in [0.25, 0.3) is 0 Å². The van der Waals surface area contributed by atoms with Gasteiger partial charge in [0.05, 0.1) is 0 Å². The number of nitrogens with one attached hydrogen (secondary N) is 2. The molecule has 0 bridgehead atoms. The fraction of sp³-hybridized carbons (Fsp3) is 0.357. The monoisotopic (exact) mass is 259 g/mol.